The quantitative estimate of drug-likeness (QED) is 0.795. The number of halogens is 1. The molecule has 4 heteroatoms. The van der Waals surface area contributed by atoms with Gasteiger partial charge in [-0.1, -0.05) is 0 Å². The molecule has 1 heterocycles. The molecule has 90 valence electrons. The Morgan fingerprint density at radius 3 is 2.82 bits per heavy atom. The summed E-state index contributed by atoms with van der Waals surface area (Å²) < 4.78 is 8.05. The molecule has 0 amide bonds. The van der Waals surface area contributed by atoms with Crippen LogP contribution in [0, 0.1) is 6.92 Å². The molecular formula is C13H14BrNO2. The monoisotopic (exact) mass is 295 g/mol. The summed E-state index contributed by atoms with van der Waals surface area (Å²) in [6.45, 7) is 4.20. The van der Waals surface area contributed by atoms with E-state index in [9.17, 15) is 4.79 Å². The Bertz CT molecular complexity index is 587. The van der Waals surface area contributed by atoms with E-state index in [1.165, 1.54) is 0 Å². The van der Waals surface area contributed by atoms with Gasteiger partial charge in [0, 0.05) is 23.1 Å². The lowest BCUT2D eigenvalue weighted by atomic mass is 10.1. The second kappa shape index (κ2) is 4.53. The molecule has 1 aromatic carbocycles. The lowest BCUT2D eigenvalue weighted by Gasteiger charge is -2.06. The van der Waals surface area contributed by atoms with E-state index >= 15 is 0 Å². The van der Waals surface area contributed by atoms with E-state index in [0.717, 1.165) is 20.9 Å². The van der Waals surface area contributed by atoms with Crippen LogP contribution in [0.5, 0.6) is 0 Å². The molecule has 1 aromatic heterocycles. The zero-order valence-corrected chi connectivity index (χ0v) is 11.7. The summed E-state index contributed by atoms with van der Waals surface area (Å²) >= 11 is 3.50. The van der Waals surface area contributed by atoms with Gasteiger partial charge >= 0.3 is 5.97 Å². The molecule has 3 nitrogen and oxygen atoms in total. The second-order valence-corrected chi connectivity index (χ2v) is 4.85. The first-order chi connectivity index (χ1) is 8.04. The number of ether oxygens (including phenoxy) is 1. The number of rotatable bonds is 2. The van der Waals surface area contributed by atoms with Gasteiger partial charge in [0.25, 0.3) is 0 Å². The molecule has 0 saturated heterocycles. The summed E-state index contributed by atoms with van der Waals surface area (Å²) in [5.74, 6) is -0.270. The van der Waals surface area contributed by atoms with Gasteiger partial charge in [0.15, 0.2) is 0 Å². The summed E-state index contributed by atoms with van der Waals surface area (Å²) in [5, 5.41) is 1.04. The van der Waals surface area contributed by atoms with Gasteiger partial charge < -0.3 is 9.30 Å². The van der Waals surface area contributed by atoms with Crippen LogP contribution in [0.2, 0.25) is 0 Å². The number of fused-ring (bicyclic) bond motifs is 1. The van der Waals surface area contributed by atoms with Crippen molar-refractivity contribution in [2.45, 2.75) is 13.8 Å². The van der Waals surface area contributed by atoms with Crippen LogP contribution < -0.4 is 0 Å². The van der Waals surface area contributed by atoms with Crippen LogP contribution in [-0.2, 0) is 11.8 Å². The molecule has 0 atom stereocenters. The van der Waals surface area contributed by atoms with Crippen LogP contribution in [0.4, 0.5) is 0 Å². The molecule has 0 spiro atoms. The summed E-state index contributed by atoms with van der Waals surface area (Å²) in [7, 11) is 1.99. The highest BCUT2D eigenvalue weighted by Gasteiger charge is 2.13. The Labute approximate surface area is 108 Å². The van der Waals surface area contributed by atoms with Crippen LogP contribution >= 0.6 is 15.9 Å². The highest BCUT2D eigenvalue weighted by atomic mass is 79.9. The molecule has 0 bridgehead atoms. The highest BCUT2D eigenvalue weighted by Crippen LogP contribution is 2.29. The van der Waals surface area contributed by atoms with Crippen molar-refractivity contribution >= 4 is 32.8 Å². The highest BCUT2D eigenvalue weighted by molar-refractivity contribution is 9.10. The lowest BCUT2D eigenvalue weighted by molar-refractivity contribution is 0.0526. The van der Waals surface area contributed by atoms with Crippen molar-refractivity contribution in [3.8, 4) is 0 Å². The molecule has 0 aliphatic rings. The Kier molecular flexibility index (Phi) is 3.24. The number of aromatic nitrogens is 1. The number of esters is 1. The fraction of sp³-hybridized carbons (Fsp3) is 0.308. The van der Waals surface area contributed by atoms with Gasteiger partial charge in [0.2, 0.25) is 0 Å². The normalized spacial score (nSPS) is 10.8. The third-order valence-electron chi connectivity index (χ3n) is 2.73. The molecule has 2 rings (SSSR count). The lowest BCUT2D eigenvalue weighted by Crippen LogP contribution is -2.05. The first-order valence-electron chi connectivity index (χ1n) is 5.47. The van der Waals surface area contributed by atoms with Gasteiger partial charge in [-0.05, 0) is 47.5 Å². The summed E-state index contributed by atoms with van der Waals surface area (Å²) in [5.41, 5.74) is 2.80. The van der Waals surface area contributed by atoms with E-state index in [0.29, 0.717) is 12.2 Å². The predicted molar refractivity (Wildman–Crippen MR) is 71.3 cm³/mol. The van der Waals surface area contributed by atoms with E-state index in [-0.39, 0.29) is 5.97 Å². The van der Waals surface area contributed by atoms with E-state index in [1.807, 2.05) is 43.8 Å². The van der Waals surface area contributed by atoms with Crippen molar-refractivity contribution in [3.63, 3.8) is 0 Å². The topological polar surface area (TPSA) is 31.2 Å². The van der Waals surface area contributed by atoms with Gasteiger partial charge in [-0.15, -0.1) is 0 Å². The number of carbonyl (C=O) groups is 1. The average Bonchev–Trinajstić information content (AvgIpc) is 2.55. The zero-order chi connectivity index (χ0) is 12.6. The third-order valence-corrected chi connectivity index (χ3v) is 3.36. The van der Waals surface area contributed by atoms with Crippen molar-refractivity contribution in [1.82, 2.24) is 4.57 Å². The van der Waals surface area contributed by atoms with Gasteiger partial charge in [0.05, 0.1) is 17.7 Å². The number of nitrogens with zero attached hydrogens (tertiary/aromatic N) is 1. The van der Waals surface area contributed by atoms with E-state index in [4.69, 9.17) is 4.74 Å². The Balaban J connectivity index is 2.62. The standard InChI is InChI=1S/C13H14BrNO2/c1-4-17-13(16)9-5-8(2)12-10(6-9)11(14)7-15(12)3/h5-7H,4H2,1-3H3. The summed E-state index contributed by atoms with van der Waals surface area (Å²) in [4.78, 5) is 11.7. The smallest absolute Gasteiger partial charge is 0.338 e. The number of hydrogen-bond donors (Lipinski definition) is 0. The van der Waals surface area contributed by atoms with Crippen LogP contribution in [0.15, 0.2) is 22.8 Å². The minimum atomic E-state index is -0.270. The zero-order valence-electron chi connectivity index (χ0n) is 10.1. The molecule has 0 radical (unpaired) electrons. The first kappa shape index (κ1) is 12.2. The molecule has 17 heavy (non-hydrogen) atoms. The first-order valence-corrected chi connectivity index (χ1v) is 6.26. The predicted octanol–water partition coefficient (Wildman–Crippen LogP) is 3.43. The molecule has 0 aliphatic heterocycles. The fourth-order valence-corrected chi connectivity index (χ4v) is 2.68. The number of carbonyl (C=O) groups excluding carboxylic acids is 1. The van der Waals surface area contributed by atoms with Gasteiger partial charge in [-0.3, -0.25) is 0 Å². The fourth-order valence-electron chi connectivity index (χ4n) is 2.07. The van der Waals surface area contributed by atoms with Crippen LogP contribution in [0.1, 0.15) is 22.8 Å². The molecule has 0 N–H and O–H groups in total. The van der Waals surface area contributed by atoms with Gasteiger partial charge in [0.1, 0.15) is 0 Å². The Morgan fingerprint density at radius 2 is 2.18 bits per heavy atom. The number of hydrogen-bond acceptors (Lipinski definition) is 2. The maximum Gasteiger partial charge on any atom is 0.338 e. The van der Waals surface area contributed by atoms with Crippen molar-refractivity contribution in [1.29, 1.82) is 0 Å². The van der Waals surface area contributed by atoms with Crippen molar-refractivity contribution < 1.29 is 9.53 Å². The van der Waals surface area contributed by atoms with Crippen molar-refractivity contribution in [3.05, 3.63) is 33.9 Å². The maximum atomic E-state index is 11.7. The van der Waals surface area contributed by atoms with Crippen molar-refractivity contribution in [2.75, 3.05) is 6.61 Å². The molecule has 0 saturated carbocycles. The molecular weight excluding hydrogens is 282 g/mol. The van der Waals surface area contributed by atoms with Crippen molar-refractivity contribution in [2.24, 2.45) is 7.05 Å². The molecule has 0 fully saturated rings. The van der Waals surface area contributed by atoms with Crippen LogP contribution in [0.25, 0.3) is 10.9 Å². The molecule has 0 unspecified atom stereocenters. The average molecular weight is 296 g/mol. The summed E-state index contributed by atoms with van der Waals surface area (Å²) in [6, 6.07) is 3.73. The number of aryl methyl sites for hydroxylation is 2. The number of benzene rings is 1. The maximum absolute atomic E-state index is 11.7. The van der Waals surface area contributed by atoms with E-state index in [1.54, 1.807) is 0 Å². The SMILES string of the molecule is CCOC(=O)c1cc(C)c2c(c1)c(Br)cn2C. The van der Waals surface area contributed by atoms with E-state index in [2.05, 4.69) is 15.9 Å². The van der Waals surface area contributed by atoms with Crippen LogP contribution in [0.3, 0.4) is 0 Å². The Hall–Kier alpha value is -1.29. The molecule has 0 aliphatic carbocycles. The minimum absolute atomic E-state index is 0.270. The minimum Gasteiger partial charge on any atom is -0.462 e. The van der Waals surface area contributed by atoms with Gasteiger partial charge in [-0.2, -0.15) is 0 Å². The van der Waals surface area contributed by atoms with E-state index < -0.39 is 0 Å². The molecule has 2 aromatic rings. The van der Waals surface area contributed by atoms with Gasteiger partial charge in [-0.25, -0.2) is 4.79 Å². The van der Waals surface area contributed by atoms with Crippen LogP contribution in [-0.4, -0.2) is 17.1 Å². The second-order valence-electron chi connectivity index (χ2n) is 4.00. The summed E-state index contributed by atoms with van der Waals surface area (Å²) in [6.07, 6.45) is 1.99. The largest absolute Gasteiger partial charge is 0.462 e. The third kappa shape index (κ3) is 2.09. The Morgan fingerprint density at radius 1 is 1.47 bits per heavy atom.